The van der Waals surface area contributed by atoms with Crippen LogP contribution in [0.2, 0.25) is 0 Å². The summed E-state index contributed by atoms with van der Waals surface area (Å²) in [6.07, 6.45) is -5.84. The first-order chi connectivity index (χ1) is 9.42. The third-order valence-electron chi connectivity index (χ3n) is 2.36. The molecule has 0 radical (unpaired) electrons. The molecule has 1 aromatic carbocycles. The molecule has 5 nitrogen and oxygen atoms in total. The molecule has 0 bridgehead atoms. The Morgan fingerprint density at radius 3 is 2.48 bits per heavy atom. The quantitative estimate of drug-likeness (QED) is 0.810. The Hall–Kier alpha value is -1.13. The molecule has 10 heteroatoms. The Morgan fingerprint density at radius 1 is 1.43 bits per heavy atom. The summed E-state index contributed by atoms with van der Waals surface area (Å²) in [6, 6.07) is 1.86. The Kier molecular flexibility index (Phi) is 5.40. The predicted molar refractivity (Wildman–Crippen MR) is 71.6 cm³/mol. The van der Waals surface area contributed by atoms with E-state index in [9.17, 15) is 26.4 Å². The molecule has 0 saturated carbocycles. The molecule has 0 aromatic heterocycles. The largest absolute Gasteiger partial charge is 0.478 e. The van der Waals surface area contributed by atoms with Crippen LogP contribution in [0.3, 0.4) is 0 Å². The number of sulfonamides is 1. The maximum absolute atomic E-state index is 12.2. The van der Waals surface area contributed by atoms with E-state index >= 15 is 0 Å². The van der Waals surface area contributed by atoms with Crippen molar-refractivity contribution in [2.75, 3.05) is 0 Å². The highest BCUT2D eigenvalue weighted by molar-refractivity contribution is 9.10. The van der Waals surface area contributed by atoms with Crippen molar-refractivity contribution in [2.45, 2.75) is 30.5 Å². The number of hydrogen-bond acceptors (Lipinski definition) is 3. The molecule has 0 spiro atoms. The molecule has 1 rings (SSSR count). The van der Waals surface area contributed by atoms with Crippen molar-refractivity contribution in [2.24, 2.45) is 0 Å². The standard InChI is InChI=1S/C11H11BrF3NO4S/c1-6(5-11(13,14)15)16-21(19,20)9-4-7(10(17)18)2-3-8(9)12/h2-4,6,16H,5H2,1H3,(H,17,18). The van der Waals surface area contributed by atoms with Crippen LogP contribution in [0.15, 0.2) is 27.6 Å². The van der Waals surface area contributed by atoms with Gasteiger partial charge in [0.2, 0.25) is 10.0 Å². The SMILES string of the molecule is CC(CC(F)(F)F)NS(=O)(=O)c1cc(C(=O)O)ccc1Br. The number of nitrogens with one attached hydrogen (secondary N) is 1. The van der Waals surface area contributed by atoms with Gasteiger partial charge in [-0.15, -0.1) is 0 Å². The second kappa shape index (κ2) is 6.32. The fourth-order valence-corrected chi connectivity index (χ4v) is 3.79. The van der Waals surface area contributed by atoms with E-state index < -0.39 is 39.5 Å². The van der Waals surface area contributed by atoms with Crippen molar-refractivity contribution in [3.63, 3.8) is 0 Å². The number of aromatic carboxylic acids is 1. The Morgan fingerprint density at radius 2 is 2.00 bits per heavy atom. The summed E-state index contributed by atoms with van der Waals surface area (Å²) in [5, 5.41) is 8.82. The zero-order chi connectivity index (χ0) is 16.4. The Bertz CT molecular complexity index is 645. The molecule has 0 aliphatic heterocycles. The van der Waals surface area contributed by atoms with Crippen LogP contribution in [0.5, 0.6) is 0 Å². The highest BCUT2D eigenvalue weighted by Gasteiger charge is 2.32. The molecular formula is C11H11BrF3NO4S. The fourth-order valence-electron chi connectivity index (χ4n) is 1.56. The molecule has 0 fully saturated rings. The van der Waals surface area contributed by atoms with Crippen LogP contribution in [0.4, 0.5) is 13.2 Å². The van der Waals surface area contributed by atoms with Gasteiger partial charge in [0.25, 0.3) is 0 Å². The van der Waals surface area contributed by atoms with E-state index in [1.54, 1.807) is 0 Å². The van der Waals surface area contributed by atoms with Crippen molar-refractivity contribution < 1.29 is 31.5 Å². The minimum absolute atomic E-state index is 0.0548. The second-order valence-electron chi connectivity index (χ2n) is 4.29. The van der Waals surface area contributed by atoms with Crippen LogP contribution >= 0.6 is 15.9 Å². The first kappa shape index (κ1) is 17.9. The van der Waals surface area contributed by atoms with Crippen molar-refractivity contribution in [3.8, 4) is 0 Å². The van der Waals surface area contributed by atoms with E-state index in [-0.39, 0.29) is 10.0 Å². The number of carbonyl (C=O) groups is 1. The van der Waals surface area contributed by atoms with Crippen LogP contribution in [-0.4, -0.2) is 31.7 Å². The summed E-state index contributed by atoms with van der Waals surface area (Å²) >= 11 is 2.93. The topological polar surface area (TPSA) is 83.5 Å². The number of benzene rings is 1. The smallest absolute Gasteiger partial charge is 0.390 e. The van der Waals surface area contributed by atoms with Crippen molar-refractivity contribution >= 4 is 31.9 Å². The fraction of sp³-hybridized carbons (Fsp3) is 0.364. The average molecular weight is 390 g/mol. The summed E-state index contributed by atoms with van der Waals surface area (Å²) in [7, 11) is -4.28. The molecule has 1 atom stereocenters. The maximum atomic E-state index is 12.2. The average Bonchev–Trinajstić information content (AvgIpc) is 2.24. The van der Waals surface area contributed by atoms with Crippen LogP contribution in [0.25, 0.3) is 0 Å². The normalized spacial score (nSPS) is 14.0. The van der Waals surface area contributed by atoms with Crippen LogP contribution in [-0.2, 0) is 10.0 Å². The number of alkyl halides is 3. The van der Waals surface area contributed by atoms with Gasteiger partial charge in [-0.2, -0.15) is 13.2 Å². The molecule has 118 valence electrons. The highest BCUT2D eigenvalue weighted by Crippen LogP contribution is 2.25. The summed E-state index contributed by atoms with van der Waals surface area (Å²) in [5.41, 5.74) is -0.290. The lowest BCUT2D eigenvalue weighted by molar-refractivity contribution is -0.137. The summed E-state index contributed by atoms with van der Waals surface area (Å²) in [4.78, 5) is 10.4. The van der Waals surface area contributed by atoms with E-state index in [1.807, 2.05) is 4.72 Å². The van der Waals surface area contributed by atoms with Crippen molar-refractivity contribution in [1.29, 1.82) is 0 Å². The van der Waals surface area contributed by atoms with Gasteiger partial charge in [0.1, 0.15) is 0 Å². The predicted octanol–water partition coefficient (Wildman–Crippen LogP) is 2.77. The molecule has 0 aliphatic rings. The maximum Gasteiger partial charge on any atom is 0.390 e. The van der Waals surface area contributed by atoms with Gasteiger partial charge < -0.3 is 5.11 Å². The number of rotatable bonds is 5. The van der Waals surface area contributed by atoms with Gasteiger partial charge in [-0.25, -0.2) is 17.9 Å². The second-order valence-corrected chi connectivity index (χ2v) is 6.83. The lowest BCUT2D eigenvalue weighted by Crippen LogP contribution is -2.36. The molecule has 1 unspecified atom stereocenters. The van der Waals surface area contributed by atoms with Gasteiger partial charge >= 0.3 is 12.1 Å². The minimum atomic E-state index is -4.51. The summed E-state index contributed by atoms with van der Waals surface area (Å²) in [5.74, 6) is -1.35. The van der Waals surface area contributed by atoms with Gasteiger partial charge in [0, 0.05) is 10.5 Å². The molecule has 0 amide bonds. The lowest BCUT2D eigenvalue weighted by Gasteiger charge is -2.16. The molecule has 2 N–H and O–H groups in total. The number of carboxylic acids is 1. The van der Waals surface area contributed by atoms with Crippen LogP contribution < -0.4 is 4.72 Å². The minimum Gasteiger partial charge on any atom is -0.478 e. The van der Waals surface area contributed by atoms with E-state index in [1.165, 1.54) is 12.1 Å². The van der Waals surface area contributed by atoms with Gasteiger partial charge in [-0.1, -0.05) is 0 Å². The number of carboxylic acid groups (broad SMARTS) is 1. The zero-order valence-corrected chi connectivity index (χ0v) is 13.0. The molecule has 0 saturated heterocycles. The monoisotopic (exact) mass is 389 g/mol. The lowest BCUT2D eigenvalue weighted by atomic mass is 10.2. The molecule has 0 heterocycles. The summed E-state index contributed by atoms with van der Waals surface area (Å²) in [6.45, 7) is 1.07. The molecular weight excluding hydrogens is 379 g/mol. The van der Waals surface area contributed by atoms with Crippen molar-refractivity contribution in [3.05, 3.63) is 28.2 Å². The Labute approximate surface area is 127 Å². The number of hydrogen-bond donors (Lipinski definition) is 2. The molecule has 0 aliphatic carbocycles. The zero-order valence-electron chi connectivity index (χ0n) is 10.6. The van der Waals surface area contributed by atoms with E-state index in [4.69, 9.17) is 5.11 Å². The highest BCUT2D eigenvalue weighted by atomic mass is 79.9. The van der Waals surface area contributed by atoms with Crippen LogP contribution in [0, 0.1) is 0 Å². The van der Waals surface area contributed by atoms with Gasteiger partial charge in [0.15, 0.2) is 0 Å². The van der Waals surface area contributed by atoms with E-state index in [0.29, 0.717) is 0 Å². The molecule has 21 heavy (non-hydrogen) atoms. The first-order valence-electron chi connectivity index (χ1n) is 5.54. The first-order valence-corrected chi connectivity index (χ1v) is 7.82. The number of halogens is 4. The van der Waals surface area contributed by atoms with Crippen molar-refractivity contribution in [1.82, 2.24) is 4.72 Å². The van der Waals surface area contributed by atoms with Gasteiger partial charge in [-0.3, -0.25) is 0 Å². The molecule has 1 aromatic rings. The third kappa shape index (κ3) is 5.29. The summed E-state index contributed by atoms with van der Waals surface area (Å²) < 4.78 is 62.6. The van der Waals surface area contributed by atoms with Gasteiger partial charge in [0.05, 0.1) is 16.9 Å². The van der Waals surface area contributed by atoms with Crippen LogP contribution in [0.1, 0.15) is 23.7 Å². The van der Waals surface area contributed by atoms with E-state index in [0.717, 1.165) is 13.0 Å². The Balaban J connectivity index is 3.08. The van der Waals surface area contributed by atoms with E-state index in [2.05, 4.69) is 15.9 Å². The third-order valence-corrected chi connectivity index (χ3v) is 4.95. The van der Waals surface area contributed by atoms with Gasteiger partial charge in [-0.05, 0) is 41.1 Å².